The molecule has 6 nitrogen and oxygen atoms in total. The Labute approximate surface area is 160 Å². The van der Waals surface area contributed by atoms with Crippen LogP contribution in [0.3, 0.4) is 0 Å². The molecule has 0 spiro atoms. The van der Waals surface area contributed by atoms with Crippen molar-refractivity contribution >= 4 is 28.3 Å². The number of nitrogens with zero attached hydrogens (tertiary/aromatic N) is 4. The quantitative estimate of drug-likeness (QED) is 0.538. The van der Waals surface area contributed by atoms with Gasteiger partial charge in [-0.2, -0.15) is 15.5 Å². The molecule has 4 rings (SSSR count). The number of hydrogen-bond acceptors (Lipinski definition) is 4. The van der Waals surface area contributed by atoms with Gasteiger partial charge in [0.1, 0.15) is 5.69 Å². The zero-order valence-electron chi connectivity index (χ0n) is 14.2. The molecule has 0 bridgehead atoms. The molecule has 0 aliphatic heterocycles. The summed E-state index contributed by atoms with van der Waals surface area (Å²) < 4.78 is 1.75. The van der Waals surface area contributed by atoms with Crippen molar-refractivity contribution in [2.75, 3.05) is 0 Å². The molecule has 0 aliphatic carbocycles. The van der Waals surface area contributed by atoms with Crippen LogP contribution in [0.1, 0.15) is 27.2 Å². The van der Waals surface area contributed by atoms with Gasteiger partial charge in [0.15, 0.2) is 5.78 Å². The molecule has 0 saturated carbocycles. The van der Waals surface area contributed by atoms with Crippen LogP contribution in [0.25, 0.3) is 10.9 Å². The van der Waals surface area contributed by atoms with E-state index in [1.54, 1.807) is 35.1 Å². The summed E-state index contributed by atoms with van der Waals surface area (Å²) in [5.74, 6) is -0.102. The van der Waals surface area contributed by atoms with E-state index in [0.717, 1.165) is 16.6 Å². The van der Waals surface area contributed by atoms with Crippen LogP contribution < -0.4 is 0 Å². The second-order valence-electron chi connectivity index (χ2n) is 6.22. The predicted octanol–water partition coefficient (Wildman–Crippen LogP) is 3.76. The third kappa shape index (κ3) is 3.59. The number of carbonyl (C=O) groups excluding carboxylic acids is 1. The lowest BCUT2D eigenvalue weighted by Crippen LogP contribution is -2.04. The SMILES string of the molecule is N#Cc1cccc(Cn2cc(CC(=O)c3n[nH]c4ccc(Cl)cc34)cn2)c1. The first-order valence-electron chi connectivity index (χ1n) is 8.29. The number of nitrogens with one attached hydrogen (secondary N) is 1. The average Bonchev–Trinajstić information content (AvgIpc) is 3.28. The van der Waals surface area contributed by atoms with E-state index >= 15 is 0 Å². The van der Waals surface area contributed by atoms with E-state index in [-0.39, 0.29) is 12.2 Å². The number of rotatable bonds is 5. The lowest BCUT2D eigenvalue weighted by molar-refractivity contribution is 0.0989. The Balaban J connectivity index is 1.51. The lowest BCUT2D eigenvalue weighted by Gasteiger charge is -2.02. The molecule has 0 aliphatic rings. The molecule has 2 heterocycles. The summed E-state index contributed by atoms with van der Waals surface area (Å²) in [7, 11) is 0. The van der Waals surface area contributed by atoms with Crippen LogP contribution in [0.4, 0.5) is 0 Å². The molecular formula is C20H14ClN5O. The van der Waals surface area contributed by atoms with E-state index < -0.39 is 0 Å². The molecule has 0 unspecified atom stereocenters. The zero-order chi connectivity index (χ0) is 18.8. The van der Waals surface area contributed by atoms with E-state index in [9.17, 15) is 4.79 Å². The lowest BCUT2D eigenvalue weighted by atomic mass is 10.1. The average molecular weight is 376 g/mol. The summed E-state index contributed by atoms with van der Waals surface area (Å²) in [6.07, 6.45) is 3.71. The van der Waals surface area contributed by atoms with E-state index in [1.165, 1.54) is 0 Å². The molecule has 0 radical (unpaired) electrons. The number of Topliss-reactive ketones (excluding diaryl/α,β-unsaturated/α-hetero) is 1. The van der Waals surface area contributed by atoms with Crippen LogP contribution in [0.5, 0.6) is 0 Å². The maximum absolute atomic E-state index is 12.7. The first-order valence-corrected chi connectivity index (χ1v) is 8.67. The number of nitriles is 1. The monoisotopic (exact) mass is 375 g/mol. The van der Waals surface area contributed by atoms with Gasteiger partial charge in [-0.15, -0.1) is 0 Å². The highest BCUT2D eigenvalue weighted by Gasteiger charge is 2.16. The van der Waals surface area contributed by atoms with E-state index in [1.807, 2.05) is 24.4 Å². The number of aromatic nitrogens is 4. The summed E-state index contributed by atoms with van der Waals surface area (Å²) in [5.41, 5.74) is 3.54. The number of aromatic amines is 1. The third-order valence-electron chi connectivity index (χ3n) is 4.24. The van der Waals surface area contributed by atoms with Gasteiger partial charge in [0.25, 0.3) is 0 Å². The van der Waals surface area contributed by atoms with Gasteiger partial charge in [-0.1, -0.05) is 23.7 Å². The topological polar surface area (TPSA) is 87.4 Å². The van der Waals surface area contributed by atoms with Crippen molar-refractivity contribution < 1.29 is 4.79 Å². The van der Waals surface area contributed by atoms with Crippen molar-refractivity contribution in [2.45, 2.75) is 13.0 Å². The molecule has 132 valence electrons. The molecule has 2 aromatic carbocycles. The highest BCUT2D eigenvalue weighted by Crippen LogP contribution is 2.21. The molecule has 0 saturated heterocycles. The normalized spacial score (nSPS) is 10.8. The highest BCUT2D eigenvalue weighted by molar-refractivity contribution is 6.31. The van der Waals surface area contributed by atoms with Crippen LogP contribution in [0.2, 0.25) is 5.02 Å². The van der Waals surface area contributed by atoms with Crippen LogP contribution in [0.15, 0.2) is 54.9 Å². The Morgan fingerprint density at radius 2 is 2.11 bits per heavy atom. The number of benzene rings is 2. The summed E-state index contributed by atoms with van der Waals surface area (Å²) in [5, 5.41) is 21.6. The molecule has 0 atom stereocenters. The summed E-state index contributed by atoms with van der Waals surface area (Å²) in [6, 6.07) is 14.8. The zero-order valence-corrected chi connectivity index (χ0v) is 14.9. The molecule has 0 amide bonds. The summed E-state index contributed by atoms with van der Waals surface area (Å²) in [4.78, 5) is 12.7. The minimum Gasteiger partial charge on any atom is -0.292 e. The maximum atomic E-state index is 12.7. The highest BCUT2D eigenvalue weighted by atomic mass is 35.5. The van der Waals surface area contributed by atoms with E-state index in [0.29, 0.717) is 28.2 Å². The minimum atomic E-state index is -0.102. The standard InChI is InChI=1S/C20H14ClN5O/c21-16-4-5-18-17(8-16)20(25-24-18)19(27)7-15-10-23-26(12-15)11-14-3-1-2-13(6-14)9-22/h1-6,8,10,12H,7,11H2,(H,24,25). The molecule has 2 aromatic heterocycles. The van der Waals surface area contributed by atoms with Gasteiger partial charge in [-0.25, -0.2) is 0 Å². The Morgan fingerprint density at radius 3 is 2.96 bits per heavy atom. The summed E-state index contributed by atoms with van der Waals surface area (Å²) in [6.45, 7) is 0.532. The smallest absolute Gasteiger partial charge is 0.188 e. The predicted molar refractivity (Wildman–Crippen MR) is 102 cm³/mol. The van der Waals surface area contributed by atoms with Gasteiger partial charge in [0, 0.05) is 23.0 Å². The number of halogens is 1. The number of carbonyl (C=O) groups is 1. The van der Waals surface area contributed by atoms with E-state index in [4.69, 9.17) is 16.9 Å². The molecular weight excluding hydrogens is 362 g/mol. The van der Waals surface area contributed by atoms with Crippen molar-refractivity contribution in [3.63, 3.8) is 0 Å². The molecule has 27 heavy (non-hydrogen) atoms. The van der Waals surface area contributed by atoms with Gasteiger partial charge >= 0.3 is 0 Å². The van der Waals surface area contributed by atoms with Crippen LogP contribution in [-0.4, -0.2) is 25.8 Å². The number of fused-ring (bicyclic) bond motifs is 1. The Kier molecular flexibility index (Phi) is 4.45. The van der Waals surface area contributed by atoms with Crippen molar-refractivity contribution in [2.24, 2.45) is 0 Å². The van der Waals surface area contributed by atoms with Crippen LogP contribution >= 0.6 is 11.6 Å². The first kappa shape index (κ1) is 17.0. The third-order valence-corrected chi connectivity index (χ3v) is 4.48. The fourth-order valence-electron chi connectivity index (χ4n) is 2.98. The van der Waals surface area contributed by atoms with Crippen molar-refractivity contribution in [1.82, 2.24) is 20.0 Å². The second-order valence-corrected chi connectivity index (χ2v) is 6.66. The Bertz CT molecular complexity index is 1180. The number of ketones is 1. The second kappa shape index (κ2) is 7.06. The van der Waals surface area contributed by atoms with Gasteiger partial charge in [0.05, 0.1) is 29.9 Å². The fraction of sp³-hybridized carbons (Fsp3) is 0.100. The van der Waals surface area contributed by atoms with Crippen molar-refractivity contribution in [3.8, 4) is 6.07 Å². The maximum Gasteiger partial charge on any atom is 0.188 e. The largest absolute Gasteiger partial charge is 0.292 e. The molecule has 4 aromatic rings. The van der Waals surface area contributed by atoms with Gasteiger partial charge < -0.3 is 0 Å². The Morgan fingerprint density at radius 1 is 1.22 bits per heavy atom. The van der Waals surface area contributed by atoms with Crippen molar-refractivity contribution in [1.29, 1.82) is 5.26 Å². The first-order chi connectivity index (χ1) is 13.1. The summed E-state index contributed by atoms with van der Waals surface area (Å²) >= 11 is 6.03. The van der Waals surface area contributed by atoms with Crippen LogP contribution in [-0.2, 0) is 13.0 Å². The van der Waals surface area contributed by atoms with Gasteiger partial charge in [-0.05, 0) is 41.5 Å². The molecule has 1 N–H and O–H groups in total. The molecule has 7 heteroatoms. The van der Waals surface area contributed by atoms with Crippen LogP contribution in [0, 0.1) is 11.3 Å². The van der Waals surface area contributed by atoms with E-state index in [2.05, 4.69) is 21.4 Å². The fourth-order valence-corrected chi connectivity index (χ4v) is 3.15. The minimum absolute atomic E-state index is 0.102. The number of hydrogen-bond donors (Lipinski definition) is 1. The Hall–Kier alpha value is -3.43. The number of H-pyrrole nitrogens is 1. The van der Waals surface area contributed by atoms with Crippen molar-refractivity contribution in [3.05, 3.63) is 82.3 Å². The van der Waals surface area contributed by atoms with Gasteiger partial charge in [-0.3, -0.25) is 14.6 Å². The molecule has 0 fully saturated rings. The van der Waals surface area contributed by atoms with Gasteiger partial charge in [0.2, 0.25) is 0 Å².